The summed E-state index contributed by atoms with van der Waals surface area (Å²) in [7, 11) is 0. The van der Waals surface area contributed by atoms with Crippen LogP contribution < -0.4 is 0 Å². The van der Waals surface area contributed by atoms with Gasteiger partial charge in [-0.15, -0.1) is 0 Å². The van der Waals surface area contributed by atoms with Crippen molar-refractivity contribution in [2.75, 3.05) is 0 Å². The first kappa shape index (κ1) is 10.6. The molecule has 1 aromatic rings. The third kappa shape index (κ3) is 1.91. The molecule has 15 heavy (non-hydrogen) atoms. The highest BCUT2D eigenvalue weighted by Gasteiger charge is 2.44. The minimum absolute atomic E-state index is 0.108. The van der Waals surface area contributed by atoms with E-state index in [2.05, 4.69) is 13.8 Å². The van der Waals surface area contributed by atoms with Crippen LogP contribution in [0.15, 0.2) is 24.3 Å². The van der Waals surface area contributed by atoms with Crippen molar-refractivity contribution in [3.63, 3.8) is 0 Å². The molecule has 0 saturated heterocycles. The molecule has 1 aromatic carbocycles. The highest BCUT2D eigenvalue weighted by atomic mass is 19.1. The number of hydrogen-bond donors (Lipinski definition) is 1. The number of hydrogen-bond acceptors (Lipinski definition) is 1. The molecule has 0 aliphatic heterocycles. The van der Waals surface area contributed by atoms with E-state index in [4.69, 9.17) is 0 Å². The van der Waals surface area contributed by atoms with Gasteiger partial charge >= 0.3 is 0 Å². The summed E-state index contributed by atoms with van der Waals surface area (Å²) in [6, 6.07) is 6.54. The van der Waals surface area contributed by atoms with Gasteiger partial charge in [-0.2, -0.15) is 0 Å². The lowest BCUT2D eigenvalue weighted by Crippen LogP contribution is -2.24. The molecule has 2 heteroatoms. The largest absolute Gasteiger partial charge is 0.385 e. The van der Waals surface area contributed by atoms with Gasteiger partial charge in [-0.1, -0.05) is 32.0 Å². The summed E-state index contributed by atoms with van der Waals surface area (Å²) in [6.07, 6.45) is 2.24. The van der Waals surface area contributed by atoms with E-state index in [9.17, 15) is 9.50 Å². The summed E-state index contributed by atoms with van der Waals surface area (Å²) in [5, 5.41) is 10.4. The molecule has 1 aliphatic carbocycles. The Morgan fingerprint density at radius 3 is 2.40 bits per heavy atom. The number of halogens is 1. The van der Waals surface area contributed by atoms with Crippen molar-refractivity contribution in [2.24, 2.45) is 5.41 Å². The van der Waals surface area contributed by atoms with Gasteiger partial charge in [0, 0.05) is 5.56 Å². The van der Waals surface area contributed by atoms with E-state index < -0.39 is 5.60 Å². The van der Waals surface area contributed by atoms with Gasteiger partial charge < -0.3 is 5.11 Å². The molecule has 1 N–H and O–H groups in total. The standard InChI is InChI=1S/C13H17FO/c1-12(2)7-8-13(15,9-12)10-5-3-4-6-11(10)14/h3-6,15H,7-9H2,1-2H3. The van der Waals surface area contributed by atoms with Crippen LogP contribution in [-0.2, 0) is 5.60 Å². The smallest absolute Gasteiger partial charge is 0.129 e. The van der Waals surface area contributed by atoms with Gasteiger partial charge in [-0.25, -0.2) is 4.39 Å². The molecule has 0 aromatic heterocycles. The summed E-state index contributed by atoms with van der Waals surface area (Å²) in [5.41, 5.74) is -0.401. The molecule has 2 rings (SSSR count). The van der Waals surface area contributed by atoms with Crippen molar-refractivity contribution < 1.29 is 9.50 Å². The monoisotopic (exact) mass is 208 g/mol. The minimum atomic E-state index is -0.963. The molecule has 0 heterocycles. The Bertz CT molecular complexity index is 373. The van der Waals surface area contributed by atoms with Crippen LogP contribution in [0, 0.1) is 11.2 Å². The third-order valence-electron chi connectivity index (χ3n) is 3.36. The van der Waals surface area contributed by atoms with Crippen LogP contribution in [-0.4, -0.2) is 5.11 Å². The number of benzene rings is 1. The molecule has 1 nitrogen and oxygen atoms in total. The number of aliphatic hydroxyl groups is 1. The Morgan fingerprint density at radius 1 is 1.20 bits per heavy atom. The first-order valence-electron chi connectivity index (χ1n) is 5.40. The van der Waals surface area contributed by atoms with Gasteiger partial charge in [0.2, 0.25) is 0 Å². The van der Waals surface area contributed by atoms with Crippen molar-refractivity contribution in [2.45, 2.75) is 38.7 Å². The van der Waals surface area contributed by atoms with Crippen LogP contribution in [0.3, 0.4) is 0 Å². The van der Waals surface area contributed by atoms with Gasteiger partial charge in [0.25, 0.3) is 0 Å². The Labute approximate surface area is 89.9 Å². The number of rotatable bonds is 1. The van der Waals surface area contributed by atoms with Gasteiger partial charge in [0.05, 0.1) is 5.60 Å². The van der Waals surface area contributed by atoms with Crippen LogP contribution in [0.5, 0.6) is 0 Å². The van der Waals surface area contributed by atoms with E-state index in [-0.39, 0.29) is 11.2 Å². The van der Waals surface area contributed by atoms with E-state index >= 15 is 0 Å². The van der Waals surface area contributed by atoms with Gasteiger partial charge in [-0.3, -0.25) is 0 Å². The summed E-state index contributed by atoms with van der Waals surface area (Å²) >= 11 is 0. The van der Waals surface area contributed by atoms with Crippen molar-refractivity contribution in [1.29, 1.82) is 0 Å². The molecule has 1 unspecified atom stereocenters. The zero-order chi connectivity index (χ0) is 11.1. The molecule has 82 valence electrons. The fourth-order valence-corrected chi connectivity index (χ4v) is 2.58. The maximum Gasteiger partial charge on any atom is 0.129 e. The maximum absolute atomic E-state index is 13.6. The lowest BCUT2D eigenvalue weighted by atomic mass is 9.86. The first-order valence-corrected chi connectivity index (χ1v) is 5.40. The zero-order valence-corrected chi connectivity index (χ0v) is 9.26. The first-order chi connectivity index (χ1) is 6.93. The highest BCUT2D eigenvalue weighted by molar-refractivity contribution is 5.26. The second-order valence-corrected chi connectivity index (χ2v) is 5.35. The molecule has 0 amide bonds. The van der Waals surface area contributed by atoms with Crippen molar-refractivity contribution >= 4 is 0 Å². The maximum atomic E-state index is 13.6. The molecular formula is C13H17FO. The van der Waals surface area contributed by atoms with Gasteiger partial charge in [-0.05, 0) is 30.7 Å². The fourth-order valence-electron chi connectivity index (χ4n) is 2.58. The summed E-state index contributed by atoms with van der Waals surface area (Å²) < 4.78 is 13.6. The van der Waals surface area contributed by atoms with Crippen LogP contribution in [0.2, 0.25) is 0 Å². The topological polar surface area (TPSA) is 20.2 Å². The Balaban J connectivity index is 2.36. The van der Waals surface area contributed by atoms with E-state index in [0.29, 0.717) is 18.4 Å². The lowest BCUT2D eigenvalue weighted by molar-refractivity contribution is 0.0303. The molecular weight excluding hydrogens is 191 g/mol. The summed E-state index contributed by atoms with van der Waals surface area (Å²) in [6.45, 7) is 4.23. The molecule has 0 bridgehead atoms. The van der Waals surface area contributed by atoms with E-state index in [1.165, 1.54) is 6.07 Å². The molecule has 0 radical (unpaired) electrons. The zero-order valence-electron chi connectivity index (χ0n) is 9.26. The van der Waals surface area contributed by atoms with Gasteiger partial charge in [0.15, 0.2) is 0 Å². The molecule has 1 aliphatic rings. The predicted octanol–water partition coefficient (Wildman–Crippen LogP) is 3.22. The average molecular weight is 208 g/mol. The van der Waals surface area contributed by atoms with E-state index in [1.807, 2.05) is 0 Å². The predicted molar refractivity (Wildman–Crippen MR) is 57.9 cm³/mol. The molecule has 1 fully saturated rings. The Morgan fingerprint density at radius 2 is 1.87 bits per heavy atom. The second-order valence-electron chi connectivity index (χ2n) is 5.35. The highest BCUT2D eigenvalue weighted by Crippen LogP contribution is 2.49. The van der Waals surface area contributed by atoms with E-state index in [1.54, 1.807) is 18.2 Å². The second kappa shape index (κ2) is 3.31. The van der Waals surface area contributed by atoms with Crippen molar-refractivity contribution in [3.05, 3.63) is 35.6 Å². The molecule has 1 atom stereocenters. The normalized spacial score (nSPS) is 29.3. The summed E-state index contributed by atoms with van der Waals surface area (Å²) in [4.78, 5) is 0. The third-order valence-corrected chi connectivity index (χ3v) is 3.36. The van der Waals surface area contributed by atoms with Crippen LogP contribution in [0.25, 0.3) is 0 Å². The Kier molecular flexibility index (Phi) is 2.34. The minimum Gasteiger partial charge on any atom is -0.385 e. The SMILES string of the molecule is CC1(C)CCC(O)(c2ccccc2F)C1. The van der Waals surface area contributed by atoms with Crippen LogP contribution in [0.4, 0.5) is 4.39 Å². The van der Waals surface area contributed by atoms with Crippen LogP contribution >= 0.6 is 0 Å². The molecule has 1 saturated carbocycles. The molecule has 0 spiro atoms. The Hall–Kier alpha value is -0.890. The van der Waals surface area contributed by atoms with Crippen LogP contribution in [0.1, 0.15) is 38.7 Å². The van der Waals surface area contributed by atoms with Gasteiger partial charge in [0.1, 0.15) is 5.82 Å². The lowest BCUT2D eigenvalue weighted by Gasteiger charge is -2.26. The average Bonchev–Trinajstić information content (AvgIpc) is 2.42. The quantitative estimate of drug-likeness (QED) is 0.751. The fraction of sp³-hybridized carbons (Fsp3) is 0.538. The van der Waals surface area contributed by atoms with E-state index in [0.717, 1.165) is 6.42 Å². The van der Waals surface area contributed by atoms with Crippen molar-refractivity contribution in [3.8, 4) is 0 Å². The summed E-state index contributed by atoms with van der Waals surface area (Å²) in [5.74, 6) is -0.294. The van der Waals surface area contributed by atoms with Crippen molar-refractivity contribution in [1.82, 2.24) is 0 Å².